The molecule has 0 aromatic heterocycles. The van der Waals surface area contributed by atoms with Gasteiger partial charge in [0.1, 0.15) is 5.69 Å². The zero-order valence-electron chi connectivity index (χ0n) is 11.9. The van der Waals surface area contributed by atoms with Gasteiger partial charge in [-0.25, -0.2) is 0 Å². The van der Waals surface area contributed by atoms with Crippen molar-refractivity contribution in [2.24, 2.45) is 5.84 Å². The highest BCUT2D eigenvalue weighted by Gasteiger charge is 2.22. The first kappa shape index (κ1) is 14.7. The van der Waals surface area contributed by atoms with E-state index in [0.717, 1.165) is 31.7 Å². The maximum Gasteiger partial charge on any atom is 0.293 e. The molecular weight excluding hydrogens is 258 g/mol. The van der Waals surface area contributed by atoms with Crippen molar-refractivity contribution in [2.45, 2.75) is 19.5 Å². The molecule has 1 aromatic carbocycles. The minimum absolute atomic E-state index is 0.00248. The lowest BCUT2D eigenvalue weighted by molar-refractivity contribution is -0.384. The molecule has 1 heterocycles. The molecule has 0 saturated carbocycles. The summed E-state index contributed by atoms with van der Waals surface area (Å²) in [6.45, 7) is 6.05. The number of nitrogen functional groups attached to an aromatic ring is 1. The molecule has 20 heavy (non-hydrogen) atoms. The number of nitro groups is 1. The van der Waals surface area contributed by atoms with E-state index in [1.165, 1.54) is 6.07 Å². The fraction of sp³-hybridized carbons (Fsp3) is 0.538. The Morgan fingerprint density at radius 3 is 2.85 bits per heavy atom. The van der Waals surface area contributed by atoms with Crippen LogP contribution in [0.4, 0.5) is 11.4 Å². The number of nitrogens with zero attached hydrogens (tertiary/aromatic N) is 3. The molecule has 0 radical (unpaired) electrons. The quantitative estimate of drug-likeness (QED) is 0.486. The zero-order chi connectivity index (χ0) is 14.7. The molecule has 0 amide bonds. The van der Waals surface area contributed by atoms with Gasteiger partial charge in [0.15, 0.2) is 0 Å². The second-order valence-corrected chi connectivity index (χ2v) is 5.33. The summed E-state index contributed by atoms with van der Waals surface area (Å²) in [7, 11) is 2.12. The lowest BCUT2D eigenvalue weighted by Gasteiger charge is -2.38. The molecule has 7 nitrogen and oxygen atoms in total. The summed E-state index contributed by atoms with van der Waals surface area (Å²) in [5.74, 6) is 5.36. The zero-order valence-corrected chi connectivity index (χ0v) is 11.9. The van der Waals surface area contributed by atoms with Gasteiger partial charge in [-0.05, 0) is 25.6 Å². The molecule has 110 valence electrons. The second-order valence-electron chi connectivity index (χ2n) is 5.33. The number of nitro benzene ring substituents is 1. The molecule has 1 aliphatic heterocycles. The van der Waals surface area contributed by atoms with E-state index in [9.17, 15) is 10.1 Å². The molecule has 2 rings (SSSR count). The van der Waals surface area contributed by atoms with E-state index in [4.69, 9.17) is 5.84 Å². The Kier molecular flexibility index (Phi) is 4.53. The van der Waals surface area contributed by atoms with Gasteiger partial charge in [0.2, 0.25) is 0 Å². The third kappa shape index (κ3) is 3.24. The van der Waals surface area contributed by atoms with Gasteiger partial charge in [-0.2, -0.15) is 0 Å². The monoisotopic (exact) mass is 279 g/mol. The first-order valence-corrected chi connectivity index (χ1v) is 6.67. The maximum absolute atomic E-state index is 10.9. The SMILES string of the molecule is CC1CN(C)CCN1Cc1ccc([N+](=O)[O-])c(NN)c1. The van der Waals surface area contributed by atoms with Gasteiger partial charge in [-0.3, -0.25) is 20.9 Å². The minimum atomic E-state index is -0.433. The third-order valence-corrected chi connectivity index (χ3v) is 3.77. The molecule has 1 unspecified atom stereocenters. The lowest BCUT2D eigenvalue weighted by atomic mass is 10.1. The normalized spacial score (nSPS) is 20.9. The van der Waals surface area contributed by atoms with Crippen LogP contribution < -0.4 is 11.3 Å². The van der Waals surface area contributed by atoms with Crippen LogP contribution >= 0.6 is 0 Å². The van der Waals surface area contributed by atoms with Crippen molar-refractivity contribution < 1.29 is 4.92 Å². The van der Waals surface area contributed by atoms with Crippen molar-refractivity contribution in [3.05, 3.63) is 33.9 Å². The summed E-state index contributed by atoms with van der Waals surface area (Å²) >= 11 is 0. The van der Waals surface area contributed by atoms with E-state index in [1.54, 1.807) is 12.1 Å². The Balaban J connectivity index is 2.12. The van der Waals surface area contributed by atoms with E-state index in [0.29, 0.717) is 11.7 Å². The number of rotatable bonds is 4. The van der Waals surface area contributed by atoms with Gasteiger partial charge in [-0.1, -0.05) is 6.07 Å². The molecule has 7 heteroatoms. The van der Waals surface area contributed by atoms with E-state index in [-0.39, 0.29) is 5.69 Å². The number of benzene rings is 1. The average molecular weight is 279 g/mol. The van der Waals surface area contributed by atoms with Crippen LogP contribution in [0.25, 0.3) is 0 Å². The lowest BCUT2D eigenvalue weighted by Crippen LogP contribution is -2.49. The average Bonchev–Trinajstić information content (AvgIpc) is 2.41. The summed E-state index contributed by atoms with van der Waals surface area (Å²) in [6.07, 6.45) is 0. The Labute approximate surface area is 118 Å². The van der Waals surface area contributed by atoms with Crippen LogP contribution in [0.15, 0.2) is 18.2 Å². The first-order chi connectivity index (χ1) is 9.51. The second kappa shape index (κ2) is 6.17. The Morgan fingerprint density at radius 2 is 2.25 bits per heavy atom. The summed E-state index contributed by atoms with van der Waals surface area (Å²) in [4.78, 5) is 15.1. The van der Waals surface area contributed by atoms with Gasteiger partial charge in [0.25, 0.3) is 5.69 Å². The number of likely N-dealkylation sites (N-methyl/N-ethyl adjacent to an activating group) is 1. The Morgan fingerprint density at radius 1 is 1.50 bits per heavy atom. The Hall–Kier alpha value is -1.70. The van der Waals surface area contributed by atoms with Crippen molar-refractivity contribution in [3.8, 4) is 0 Å². The topological polar surface area (TPSA) is 87.7 Å². The van der Waals surface area contributed by atoms with Gasteiger partial charge in [0.05, 0.1) is 4.92 Å². The van der Waals surface area contributed by atoms with Crippen LogP contribution in [0.2, 0.25) is 0 Å². The van der Waals surface area contributed by atoms with E-state index < -0.39 is 4.92 Å². The fourth-order valence-electron chi connectivity index (χ4n) is 2.60. The molecule has 3 N–H and O–H groups in total. The van der Waals surface area contributed by atoms with Crippen LogP contribution in [0.5, 0.6) is 0 Å². The standard InChI is InChI=1S/C13H21N5O2/c1-10-8-16(2)5-6-17(10)9-11-3-4-13(18(19)20)12(7-11)15-14/h3-4,7,10,15H,5-6,8-9,14H2,1-2H3. The molecular formula is C13H21N5O2. The summed E-state index contributed by atoms with van der Waals surface area (Å²) < 4.78 is 0. The number of anilines is 1. The molecule has 1 aromatic rings. The fourth-order valence-corrected chi connectivity index (χ4v) is 2.60. The van der Waals surface area contributed by atoms with Crippen LogP contribution in [0, 0.1) is 10.1 Å². The van der Waals surface area contributed by atoms with Crippen LogP contribution in [-0.4, -0.2) is 47.4 Å². The van der Waals surface area contributed by atoms with Gasteiger partial charge in [-0.15, -0.1) is 0 Å². The third-order valence-electron chi connectivity index (χ3n) is 3.77. The summed E-state index contributed by atoms with van der Waals surface area (Å²) in [6, 6.07) is 5.52. The van der Waals surface area contributed by atoms with Gasteiger partial charge >= 0.3 is 0 Å². The first-order valence-electron chi connectivity index (χ1n) is 6.67. The number of nitrogens with one attached hydrogen (secondary N) is 1. The Bertz CT molecular complexity index is 494. The van der Waals surface area contributed by atoms with Crippen molar-refractivity contribution in [1.82, 2.24) is 9.80 Å². The molecule has 1 fully saturated rings. The summed E-state index contributed by atoms with van der Waals surface area (Å²) in [5.41, 5.74) is 3.79. The molecule has 0 bridgehead atoms. The molecule has 0 spiro atoms. The smallest absolute Gasteiger partial charge is 0.293 e. The molecule has 0 aliphatic carbocycles. The van der Waals surface area contributed by atoms with E-state index in [1.807, 2.05) is 0 Å². The van der Waals surface area contributed by atoms with Crippen molar-refractivity contribution in [3.63, 3.8) is 0 Å². The number of hydrazine groups is 1. The van der Waals surface area contributed by atoms with Gasteiger partial charge in [0, 0.05) is 38.3 Å². The van der Waals surface area contributed by atoms with E-state index >= 15 is 0 Å². The maximum atomic E-state index is 10.9. The van der Waals surface area contributed by atoms with Crippen LogP contribution in [-0.2, 0) is 6.54 Å². The van der Waals surface area contributed by atoms with Crippen molar-refractivity contribution in [2.75, 3.05) is 32.1 Å². The number of hydrogen-bond acceptors (Lipinski definition) is 6. The highest BCUT2D eigenvalue weighted by Crippen LogP contribution is 2.25. The number of hydrogen-bond donors (Lipinski definition) is 2. The molecule has 1 aliphatic rings. The molecule has 1 saturated heterocycles. The van der Waals surface area contributed by atoms with Gasteiger partial charge < -0.3 is 10.3 Å². The highest BCUT2D eigenvalue weighted by molar-refractivity contribution is 5.62. The predicted molar refractivity (Wildman–Crippen MR) is 78.3 cm³/mol. The van der Waals surface area contributed by atoms with Crippen molar-refractivity contribution in [1.29, 1.82) is 0 Å². The molecule has 1 atom stereocenters. The number of piperazine rings is 1. The van der Waals surface area contributed by atoms with Crippen LogP contribution in [0.3, 0.4) is 0 Å². The van der Waals surface area contributed by atoms with Crippen molar-refractivity contribution >= 4 is 11.4 Å². The minimum Gasteiger partial charge on any atom is -0.318 e. The van der Waals surface area contributed by atoms with E-state index in [2.05, 4.69) is 29.2 Å². The largest absolute Gasteiger partial charge is 0.318 e. The highest BCUT2D eigenvalue weighted by atomic mass is 16.6. The number of nitrogens with two attached hydrogens (primary N) is 1. The summed E-state index contributed by atoms with van der Waals surface area (Å²) in [5, 5.41) is 10.9. The van der Waals surface area contributed by atoms with Crippen LogP contribution in [0.1, 0.15) is 12.5 Å². The predicted octanol–water partition coefficient (Wildman–Crippen LogP) is 1.02.